The fourth-order valence-electron chi connectivity index (χ4n) is 2.81. The number of carbonyl (C=O) groups is 1. The zero-order valence-corrected chi connectivity index (χ0v) is 12.4. The van der Waals surface area contributed by atoms with Crippen LogP contribution in [0.1, 0.15) is 24.9 Å². The minimum Gasteiger partial charge on any atom is -0.375 e. The van der Waals surface area contributed by atoms with Crippen molar-refractivity contribution < 1.29 is 18.3 Å². The Labute approximate surface area is 127 Å². The number of nitrogens with zero attached hydrogens (tertiary/aromatic N) is 3. The van der Waals surface area contributed by atoms with Crippen LogP contribution in [0.15, 0.2) is 23.3 Å². The maximum Gasteiger partial charge on any atom is 0.341 e. The van der Waals surface area contributed by atoms with Gasteiger partial charge < -0.3 is 9.64 Å². The summed E-state index contributed by atoms with van der Waals surface area (Å²) >= 11 is 0. The van der Waals surface area contributed by atoms with Gasteiger partial charge in [0.1, 0.15) is 17.2 Å². The van der Waals surface area contributed by atoms with E-state index < -0.39 is 17.7 Å². The highest BCUT2D eigenvalue weighted by Gasteiger charge is 2.44. The van der Waals surface area contributed by atoms with Gasteiger partial charge >= 0.3 is 6.03 Å². The summed E-state index contributed by atoms with van der Waals surface area (Å²) in [5.74, 6) is -1.32. The predicted octanol–water partition coefficient (Wildman–Crippen LogP) is 2.54. The summed E-state index contributed by atoms with van der Waals surface area (Å²) in [6, 6.07) is 2.52. The lowest BCUT2D eigenvalue weighted by Crippen LogP contribution is -2.64. The van der Waals surface area contributed by atoms with Gasteiger partial charge in [-0.15, -0.1) is 0 Å². The quantitative estimate of drug-likeness (QED) is 0.843. The summed E-state index contributed by atoms with van der Waals surface area (Å²) in [6.45, 7) is 2.86. The second kappa shape index (κ2) is 5.31. The Morgan fingerprint density at radius 2 is 1.95 bits per heavy atom. The average molecular weight is 309 g/mol. The highest BCUT2D eigenvalue weighted by molar-refractivity contribution is 5.79. The number of carbonyl (C=O) groups excluding carboxylic acids is 1. The molecule has 0 bridgehead atoms. The summed E-state index contributed by atoms with van der Waals surface area (Å²) in [5, 5.41) is 5.34. The molecular weight excluding hydrogens is 292 g/mol. The number of amides is 2. The highest BCUT2D eigenvalue weighted by atomic mass is 19.1. The van der Waals surface area contributed by atoms with E-state index in [1.165, 1.54) is 17.1 Å². The van der Waals surface area contributed by atoms with Crippen LogP contribution >= 0.6 is 0 Å². The number of hydrogen-bond donors (Lipinski definition) is 0. The number of methoxy groups -OCH3 is 1. The third-order valence-corrected chi connectivity index (χ3v) is 4.11. The van der Waals surface area contributed by atoms with Gasteiger partial charge in [0.05, 0.1) is 19.1 Å². The molecule has 7 heteroatoms. The summed E-state index contributed by atoms with van der Waals surface area (Å²) in [7, 11) is 1.61. The number of urea groups is 1. The lowest BCUT2D eigenvalue weighted by atomic mass is 9.97. The zero-order valence-electron chi connectivity index (χ0n) is 12.4. The van der Waals surface area contributed by atoms with Crippen LogP contribution in [0.5, 0.6) is 0 Å². The normalized spacial score (nSPS) is 22.8. The van der Waals surface area contributed by atoms with Gasteiger partial charge in [0.25, 0.3) is 0 Å². The number of benzene rings is 1. The first-order valence-electron chi connectivity index (χ1n) is 7.03. The van der Waals surface area contributed by atoms with E-state index >= 15 is 0 Å². The first-order chi connectivity index (χ1) is 10.4. The van der Waals surface area contributed by atoms with Crippen molar-refractivity contribution >= 4 is 12.2 Å². The summed E-state index contributed by atoms with van der Waals surface area (Å²) in [5.41, 5.74) is 0.0675. The Hall–Kier alpha value is -2.02. The van der Waals surface area contributed by atoms with Crippen LogP contribution < -0.4 is 0 Å². The molecule has 1 aromatic rings. The molecule has 0 saturated carbocycles. The Kier molecular flexibility index (Phi) is 3.60. The van der Waals surface area contributed by atoms with E-state index in [0.29, 0.717) is 25.1 Å². The van der Waals surface area contributed by atoms with Crippen LogP contribution in [0.3, 0.4) is 0 Å². The van der Waals surface area contributed by atoms with E-state index in [2.05, 4.69) is 5.10 Å². The van der Waals surface area contributed by atoms with E-state index in [1.54, 1.807) is 18.2 Å². The van der Waals surface area contributed by atoms with Gasteiger partial charge in [0.15, 0.2) is 0 Å². The molecule has 0 N–H and O–H groups in total. The molecule has 1 fully saturated rings. The number of ether oxygens (including phenoxy) is 1. The smallest absolute Gasteiger partial charge is 0.341 e. The Bertz CT molecular complexity index is 609. The average Bonchev–Trinajstić information content (AvgIpc) is 2.91. The third kappa shape index (κ3) is 2.56. The number of hydrogen-bond acceptors (Lipinski definition) is 3. The lowest BCUT2D eigenvalue weighted by Gasteiger charge is -2.47. The molecule has 22 heavy (non-hydrogen) atoms. The van der Waals surface area contributed by atoms with Crippen LogP contribution in [0.2, 0.25) is 0 Å². The van der Waals surface area contributed by atoms with Crippen molar-refractivity contribution in [3.05, 3.63) is 35.4 Å². The maximum absolute atomic E-state index is 13.4. The topological polar surface area (TPSA) is 45.1 Å². The number of likely N-dealkylation sites (tertiary alicyclic amines) is 1. The van der Waals surface area contributed by atoms with Gasteiger partial charge in [0, 0.05) is 25.8 Å². The minimum absolute atomic E-state index is 0.280. The molecule has 2 amide bonds. The molecular formula is C15H17F2N3O2. The standard InChI is InChI=1S/C15H17F2N3O2/c1-15(22-2)8-19(9-15)14(21)20-13(3-4-18-20)10-5-11(16)7-12(17)6-10/h4-7,13H,3,8-9H2,1-2H3. The van der Waals surface area contributed by atoms with E-state index in [0.717, 1.165) is 6.07 Å². The Morgan fingerprint density at radius 3 is 2.55 bits per heavy atom. The Morgan fingerprint density at radius 1 is 1.32 bits per heavy atom. The molecule has 118 valence electrons. The third-order valence-electron chi connectivity index (χ3n) is 4.11. The van der Waals surface area contributed by atoms with Crippen LogP contribution in [-0.4, -0.2) is 48.0 Å². The molecule has 2 aliphatic rings. The van der Waals surface area contributed by atoms with E-state index in [4.69, 9.17) is 4.74 Å². The molecule has 1 aromatic carbocycles. The maximum atomic E-state index is 13.4. The van der Waals surface area contributed by atoms with Gasteiger partial charge in [-0.2, -0.15) is 5.10 Å². The van der Waals surface area contributed by atoms with Gasteiger partial charge in [-0.3, -0.25) is 0 Å². The van der Waals surface area contributed by atoms with Crippen LogP contribution in [-0.2, 0) is 4.74 Å². The molecule has 1 saturated heterocycles. The van der Waals surface area contributed by atoms with E-state index in [-0.39, 0.29) is 11.6 Å². The molecule has 3 rings (SSSR count). The zero-order chi connectivity index (χ0) is 15.9. The summed E-state index contributed by atoms with van der Waals surface area (Å²) in [6.07, 6.45) is 2.02. The molecule has 0 radical (unpaired) electrons. The summed E-state index contributed by atoms with van der Waals surface area (Å²) < 4.78 is 32.1. The number of hydrazone groups is 1. The Balaban J connectivity index is 1.76. The molecule has 1 atom stereocenters. The van der Waals surface area contributed by atoms with E-state index in [9.17, 15) is 13.6 Å². The van der Waals surface area contributed by atoms with Gasteiger partial charge in [-0.05, 0) is 24.6 Å². The fraction of sp³-hybridized carbons (Fsp3) is 0.467. The molecule has 0 spiro atoms. The van der Waals surface area contributed by atoms with E-state index in [1.807, 2.05) is 6.92 Å². The van der Waals surface area contributed by atoms with Crippen molar-refractivity contribution in [1.82, 2.24) is 9.91 Å². The second-order valence-corrected chi connectivity index (χ2v) is 5.89. The number of halogens is 2. The highest BCUT2D eigenvalue weighted by Crippen LogP contribution is 2.33. The van der Waals surface area contributed by atoms with Crippen molar-refractivity contribution in [1.29, 1.82) is 0 Å². The molecule has 5 nitrogen and oxygen atoms in total. The largest absolute Gasteiger partial charge is 0.375 e. The van der Waals surface area contributed by atoms with Crippen LogP contribution in [0, 0.1) is 11.6 Å². The lowest BCUT2D eigenvalue weighted by molar-refractivity contribution is -0.0961. The molecule has 1 unspecified atom stereocenters. The fourth-order valence-corrected chi connectivity index (χ4v) is 2.81. The number of rotatable bonds is 2. The van der Waals surface area contributed by atoms with Gasteiger partial charge in [-0.25, -0.2) is 18.6 Å². The van der Waals surface area contributed by atoms with Crippen molar-refractivity contribution in [2.75, 3.05) is 20.2 Å². The first-order valence-corrected chi connectivity index (χ1v) is 7.03. The van der Waals surface area contributed by atoms with Gasteiger partial charge in [0.2, 0.25) is 0 Å². The molecule has 2 aliphatic heterocycles. The van der Waals surface area contributed by atoms with Crippen LogP contribution in [0.25, 0.3) is 0 Å². The minimum atomic E-state index is -0.662. The SMILES string of the molecule is COC1(C)CN(C(=O)N2N=CCC2c2cc(F)cc(F)c2)C1. The van der Waals surface area contributed by atoms with Crippen molar-refractivity contribution in [2.24, 2.45) is 5.10 Å². The van der Waals surface area contributed by atoms with Crippen LogP contribution in [0.4, 0.5) is 13.6 Å². The van der Waals surface area contributed by atoms with Gasteiger partial charge in [-0.1, -0.05) is 0 Å². The predicted molar refractivity (Wildman–Crippen MR) is 76.4 cm³/mol. The second-order valence-electron chi connectivity index (χ2n) is 5.89. The first kappa shape index (κ1) is 14.9. The molecule has 2 heterocycles. The van der Waals surface area contributed by atoms with Crippen molar-refractivity contribution in [3.63, 3.8) is 0 Å². The molecule has 0 aromatic heterocycles. The van der Waals surface area contributed by atoms with Crippen molar-refractivity contribution in [3.8, 4) is 0 Å². The monoisotopic (exact) mass is 309 g/mol. The molecule has 0 aliphatic carbocycles. The summed E-state index contributed by atoms with van der Waals surface area (Å²) in [4.78, 5) is 14.1. The van der Waals surface area contributed by atoms with Crippen molar-refractivity contribution in [2.45, 2.75) is 25.0 Å².